The molecule has 0 aliphatic carbocycles. The zero-order valence-corrected chi connectivity index (χ0v) is 18.7. The van der Waals surface area contributed by atoms with Gasteiger partial charge in [-0.15, -0.1) is 0 Å². The lowest BCUT2D eigenvalue weighted by molar-refractivity contribution is -0.114. The highest BCUT2D eigenvalue weighted by atomic mass is 19.4. The Balaban J connectivity index is 1.84. The number of halogens is 3. The van der Waals surface area contributed by atoms with Crippen LogP contribution in [-0.2, 0) is 9.53 Å². The Hall–Kier alpha value is -4.15. The third-order valence-electron chi connectivity index (χ3n) is 5.15. The van der Waals surface area contributed by atoms with Crippen LogP contribution in [0.1, 0.15) is 38.8 Å². The van der Waals surface area contributed by atoms with Crippen LogP contribution in [0.3, 0.4) is 0 Å². The van der Waals surface area contributed by atoms with Gasteiger partial charge in [0.25, 0.3) is 11.8 Å². The number of nitrogens with zero attached hydrogens (tertiary/aromatic N) is 2. The van der Waals surface area contributed by atoms with E-state index in [4.69, 9.17) is 0 Å². The number of esters is 1. The molecule has 0 saturated carbocycles. The van der Waals surface area contributed by atoms with Crippen molar-refractivity contribution in [2.24, 2.45) is 5.10 Å². The molecule has 1 aliphatic heterocycles. The Morgan fingerprint density at radius 2 is 1.59 bits per heavy atom. The van der Waals surface area contributed by atoms with E-state index in [0.29, 0.717) is 5.01 Å². The van der Waals surface area contributed by atoms with E-state index >= 15 is 0 Å². The number of anilines is 1. The molecule has 0 unspecified atom stereocenters. The summed E-state index contributed by atoms with van der Waals surface area (Å²) in [6.45, 7) is 4.82. The highest BCUT2D eigenvalue weighted by Gasteiger charge is 2.48. The van der Waals surface area contributed by atoms with Crippen LogP contribution in [0.2, 0.25) is 0 Å². The van der Waals surface area contributed by atoms with Crippen LogP contribution in [0, 0.1) is 13.8 Å². The van der Waals surface area contributed by atoms with E-state index < -0.39 is 35.2 Å². The van der Waals surface area contributed by atoms with E-state index in [2.05, 4.69) is 20.7 Å². The first kappa shape index (κ1) is 24.5. The Bertz CT molecular complexity index is 1220. The fourth-order valence-corrected chi connectivity index (χ4v) is 3.13. The number of alkyl halides is 3. The molecule has 2 amide bonds. The maximum atomic E-state index is 13.7. The molecule has 2 N–H and O–H groups in total. The van der Waals surface area contributed by atoms with Gasteiger partial charge in [-0.1, -0.05) is 6.07 Å². The second-order valence-electron chi connectivity index (χ2n) is 7.48. The number of ether oxygens (including phenoxy) is 1. The minimum atomic E-state index is -4.91. The largest absolute Gasteiger partial charge is 0.465 e. The molecule has 0 spiro atoms. The summed E-state index contributed by atoms with van der Waals surface area (Å²) >= 11 is 0. The first-order chi connectivity index (χ1) is 15.9. The smallest absolute Gasteiger partial charge is 0.436 e. The molecule has 1 aliphatic rings. The average Bonchev–Trinajstić information content (AvgIpc) is 3.16. The van der Waals surface area contributed by atoms with Crippen molar-refractivity contribution in [1.29, 1.82) is 0 Å². The highest BCUT2D eigenvalue weighted by molar-refractivity contribution is 6.32. The molecular formula is C23H21F3N4O4. The van der Waals surface area contributed by atoms with Crippen molar-refractivity contribution < 1.29 is 32.3 Å². The van der Waals surface area contributed by atoms with Crippen LogP contribution in [0.25, 0.3) is 0 Å². The van der Waals surface area contributed by atoms with Crippen molar-refractivity contribution >= 4 is 29.2 Å². The van der Waals surface area contributed by atoms with Gasteiger partial charge in [-0.3, -0.25) is 15.0 Å². The van der Waals surface area contributed by atoms with Gasteiger partial charge in [0, 0.05) is 11.3 Å². The van der Waals surface area contributed by atoms with Gasteiger partial charge in [-0.2, -0.15) is 23.3 Å². The van der Waals surface area contributed by atoms with Gasteiger partial charge in [0.2, 0.25) is 0 Å². The molecule has 178 valence electrons. The molecule has 8 nitrogen and oxygen atoms in total. The summed E-state index contributed by atoms with van der Waals surface area (Å²) in [4.78, 5) is 36.8. The number of carbonyl (C=O) groups excluding carboxylic acids is 3. The number of benzene rings is 2. The molecule has 34 heavy (non-hydrogen) atoms. The topological polar surface area (TPSA) is 100 Å². The Morgan fingerprint density at radius 1 is 0.971 bits per heavy atom. The molecule has 2 aromatic carbocycles. The van der Waals surface area contributed by atoms with E-state index in [1.54, 1.807) is 19.1 Å². The van der Waals surface area contributed by atoms with Crippen molar-refractivity contribution in [3.63, 3.8) is 0 Å². The molecule has 1 heterocycles. The van der Waals surface area contributed by atoms with Gasteiger partial charge >= 0.3 is 12.1 Å². The van der Waals surface area contributed by atoms with Gasteiger partial charge in [-0.25, -0.2) is 4.79 Å². The molecule has 0 bridgehead atoms. The number of carbonyl (C=O) groups is 3. The minimum absolute atomic E-state index is 0.122. The summed E-state index contributed by atoms with van der Waals surface area (Å²) in [5, 5.41) is 4.21. The maximum Gasteiger partial charge on any atom is 0.436 e. The van der Waals surface area contributed by atoms with E-state index in [1.807, 2.05) is 6.92 Å². The van der Waals surface area contributed by atoms with Crippen molar-refractivity contribution in [3.05, 3.63) is 76.0 Å². The predicted molar refractivity (Wildman–Crippen MR) is 118 cm³/mol. The van der Waals surface area contributed by atoms with Crippen LogP contribution in [-0.4, -0.2) is 36.8 Å². The van der Waals surface area contributed by atoms with E-state index in [-0.39, 0.29) is 22.5 Å². The van der Waals surface area contributed by atoms with Crippen LogP contribution in [0.15, 0.2) is 58.8 Å². The zero-order chi connectivity index (χ0) is 25.2. The van der Waals surface area contributed by atoms with Gasteiger partial charge in [0.1, 0.15) is 0 Å². The average molecular weight is 474 g/mol. The number of methoxy groups -OCH3 is 1. The van der Waals surface area contributed by atoms with Gasteiger partial charge < -0.3 is 10.2 Å². The van der Waals surface area contributed by atoms with Gasteiger partial charge in [0.05, 0.1) is 23.9 Å². The quantitative estimate of drug-likeness (QED) is 0.392. The Kier molecular flexibility index (Phi) is 6.75. The molecule has 2 aromatic rings. The van der Waals surface area contributed by atoms with Crippen LogP contribution < -0.4 is 15.9 Å². The van der Waals surface area contributed by atoms with Gasteiger partial charge in [-0.05, 0) is 68.3 Å². The fraction of sp³-hybridized carbons (Fsp3) is 0.217. The third-order valence-corrected chi connectivity index (χ3v) is 5.15. The molecule has 3 rings (SSSR count). The molecule has 11 heteroatoms. The van der Waals surface area contributed by atoms with E-state index in [9.17, 15) is 27.6 Å². The molecular weight excluding hydrogens is 453 g/mol. The van der Waals surface area contributed by atoms with Crippen LogP contribution in [0.4, 0.5) is 18.9 Å². The summed E-state index contributed by atoms with van der Waals surface area (Å²) < 4.78 is 45.6. The molecule has 0 aromatic heterocycles. The zero-order valence-electron chi connectivity index (χ0n) is 18.7. The highest BCUT2D eigenvalue weighted by Crippen LogP contribution is 2.33. The molecule has 0 radical (unpaired) electrons. The maximum absolute atomic E-state index is 13.7. The fourth-order valence-electron chi connectivity index (χ4n) is 3.13. The summed E-state index contributed by atoms with van der Waals surface area (Å²) in [7, 11) is 1.22. The SMILES string of the molecule is COC(=O)c1ccc(C(=O)NN/C(C)=C2\C(=O)N(c3ccc(C)c(C)c3)N=C2C(F)(F)F)cc1. The number of hydrazine groups is 1. The van der Waals surface area contributed by atoms with Crippen molar-refractivity contribution in [2.45, 2.75) is 26.9 Å². The summed E-state index contributed by atoms with van der Waals surface area (Å²) in [5.74, 6) is -2.27. The lowest BCUT2D eigenvalue weighted by Crippen LogP contribution is -2.39. The number of hydrogen-bond acceptors (Lipinski definition) is 6. The van der Waals surface area contributed by atoms with E-state index in [1.165, 1.54) is 44.4 Å². The Labute approximate surface area is 193 Å². The summed E-state index contributed by atoms with van der Waals surface area (Å²) in [5.41, 5.74) is 4.49. The number of hydrogen-bond donors (Lipinski definition) is 2. The predicted octanol–water partition coefficient (Wildman–Crippen LogP) is 3.56. The first-order valence-electron chi connectivity index (χ1n) is 9.97. The van der Waals surface area contributed by atoms with E-state index in [0.717, 1.165) is 11.1 Å². The number of amides is 2. The van der Waals surface area contributed by atoms with Crippen molar-refractivity contribution in [1.82, 2.24) is 10.9 Å². The third kappa shape index (κ3) is 4.92. The number of allylic oxidation sites excluding steroid dienone is 1. The Morgan fingerprint density at radius 3 is 2.15 bits per heavy atom. The summed E-state index contributed by atoms with van der Waals surface area (Å²) in [6, 6.07) is 10.2. The normalized spacial score (nSPS) is 15.1. The molecule has 0 saturated heterocycles. The monoisotopic (exact) mass is 474 g/mol. The number of hydrazone groups is 1. The van der Waals surface area contributed by atoms with Crippen molar-refractivity contribution in [2.75, 3.05) is 12.1 Å². The molecule has 0 atom stereocenters. The molecule has 0 fully saturated rings. The van der Waals surface area contributed by atoms with Crippen LogP contribution in [0.5, 0.6) is 0 Å². The second kappa shape index (κ2) is 9.38. The second-order valence-corrected chi connectivity index (χ2v) is 7.48. The minimum Gasteiger partial charge on any atom is -0.465 e. The number of rotatable bonds is 5. The standard InChI is InChI=1S/C23H21F3N4O4/c1-12-5-10-17(11-13(12)2)30-21(32)18(19(29-30)23(24,25)26)14(3)27-28-20(31)15-6-8-16(9-7-15)22(33)34-4/h5-11,27H,1-4H3,(H,28,31)/b18-14-. The van der Waals surface area contributed by atoms with Gasteiger partial charge in [0.15, 0.2) is 5.71 Å². The summed E-state index contributed by atoms with van der Waals surface area (Å²) in [6.07, 6.45) is -4.91. The first-order valence-corrected chi connectivity index (χ1v) is 9.97. The lowest BCUT2D eigenvalue weighted by atomic mass is 10.1. The lowest BCUT2D eigenvalue weighted by Gasteiger charge is -2.15. The van der Waals surface area contributed by atoms with Crippen molar-refractivity contribution in [3.8, 4) is 0 Å². The van der Waals surface area contributed by atoms with Crippen LogP contribution >= 0.6 is 0 Å². The number of nitrogens with one attached hydrogen (secondary N) is 2. The number of aryl methyl sites for hydroxylation is 2.